The molecule has 0 heterocycles. The number of benzene rings is 2. The fourth-order valence-electron chi connectivity index (χ4n) is 1.74. The molecule has 0 aliphatic heterocycles. The molecule has 0 fully saturated rings. The Labute approximate surface area is 123 Å². The number of carbonyl (C=O) groups is 1. The first-order chi connectivity index (χ1) is 9.47. The Bertz CT molecular complexity index is 658. The van der Waals surface area contributed by atoms with E-state index in [0.717, 1.165) is 28.2 Å². The fraction of sp³-hybridized carbons (Fsp3) is 0.133. The molecule has 1 amide bonds. The molecule has 0 aliphatic carbocycles. The fourth-order valence-corrected chi connectivity index (χ4v) is 1.99. The predicted octanol–water partition coefficient (Wildman–Crippen LogP) is 3.97. The summed E-state index contributed by atoms with van der Waals surface area (Å²) in [4.78, 5) is 11.9. The van der Waals surface area contributed by atoms with Crippen molar-refractivity contribution >= 4 is 21.8 Å². The summed E-state index contributed by atoms with van der Waals surface area (Å²) in [6, 6.07) is 8.31. The minimum absolute atomic E-state index is 0.0580. The molecule has 20 heavy (non-hydrogen) atoms. The summed E-state index contributed by atoms with van der Waals surface area (Å²) < 4.78 is 27.3. The monoisotopic (exact) mass is 339 g/mol. The van der Waals surface area contributed by atoms with Crippen LogP contribution in [0.1, 0.15) is 21.5 Å². The standard InChI is InChI=1S/C15H12BrF2NO/c1-9-6-10(2-4-13(9)16)15(20)19-8-11-7-12(17)3-5-14(11)18/h2-7H,8H2,1H3,(H,19,20). The van der Waals surface area contributed by atoms with E-state index >= 15 is 0 Å². The maximum atomic E-state index is 13.4. The second kappa shape index (κ2) is 6.13. The molecule has 0 aliphatic rings. The zero-order chi connectivity index (χ0) is 14.7. The summed E-state index contributed by atoms with van der Waals surface area (Å²) in [6.07, 6.45) is 0. The van der Waals surface area contributed by atoms with Crippen molar-refractivity contribution in [3.8, 4) is 0 Å². The largest absolute Gasteiger partial charge is 0.348 e. The van der Waals surface area contributed by atoms with Gasteiger partial charge in [-0.15, -0.1) is 0 Å². The maximum absolute atomic E-state index is 13.4. The number of aryl methyl sites for hydroxylation is 1. The van der Waals surface area contributed by atoms with Crippen LogP contribution in [-0.4, -0.2) is 5.91 Å². The second-order valence-electron chi connectivity index (χ2n) is 4.38. The lowest BCUT2D eigenvalue weighted by Gasteiger charge is -2.08. The molecular formula is C15H12BrF2NO. The van der Waals surface area contributed by atoms with Crippen LogP contribution in [0.2, 0.25) is 0 Å². The molecule has 5 heteroatoms. The Balaban J connectivity index is 2.08. The number of halogens is 3. The molecule has 0 saturated heterocycles. The lowest BCUT2D eigenvalue weighted by molar-refractivity contribution is 0.0950. The van der Waals surface area contributed by atoms with Crippen molar-refractivity contribution < 1.29 is 13.6 Å². The van der Waals surface area contributed by atoms with Gasteiger partial charge in [-0.25, -0.2) is 8.78 Å². The van der Waals surface area contributed by atoms with Crippen molar-refractivity contribution in [2.75, 3.05) is 0 Å². The molecule has 0 spiro atoms. The van der Waals surface area contributed by atoms with E-state index in [1.165, 1.54) is 0 Å². The lowest BCUT2D eigenvalue weighted by Crippen LogP contribution is -2.23. The number of rotatable bonds is 3. The van der Waals surface area contributed by atoms with Gasteiger partial charge in [0, 0.05) is 22.1 Å². The number of hydrogen-bond donors (Lipinski definition) is 1. The number of amides is 1. The molecule has 2 aromatic carbocycles. The summed E-state index contributed by atoms with van der Waals surface area (Å²) in [5.74, 6) is -1.40. The smallest absolute Gasteiger partial charge is 0.251 e. The third kappa shape index (κ3) is 3.42. The van der Waals surface area contributed by atoms with Gasteiger partial charge in [0.25, 0.3) is 5.91 Å². The summed E-state index contributed by atoms with van der Waals surface area (Å²) in [7, 11) is 0. The second-order valence-corrected chi connectivity index (χ2v) is 5.24. The van der Waals surface area contributed by atoms with E-state index < -0.39 is 11.6 Å². The molecule has 0 radical (unpaired) electrons. The van der Waals surface area contributed by atoms with Gasteiger partial charge in [0.2, 0.25) is 0 Å². The van der Waals surface area contributed by atoms with Crippen LogP contribution >= 0.6 is 15.9 Å². The Kier molecular flexibility index (Phi) is 4.49. The van der Waals surface area contributed by atoms with Gasteiger partial charge in [0.1, 0.15) is 11.6 Å². The van der Waals surface area contributed by atoms with Crippen molar-refractivity contribution in [1.29, 1.82) is 0 Å². The first kappa shape index (κ1) is 14.7. The summed E-state index contributed by atoms with van der Waals surface area (Å²) in [5, 5.41) is 2.57. The average molecular weight is 340 g/mol. The number of hydrogen-bond acceptors (Lipinski definition) is 1. The molecule has 104 valence electrons. The molecule has 2 nitrogen and oxygen atoms in total. The van der Waals surface area contributed by atoms with Gasteiger partial charge in [0.05, 0.1) is 0 Å². The molecular weight excluding hydrogens is 328 g/mol. The molecule has 2 rings (SSSR count). The average Bonchev–Trinajstić information content (AvgIpc) is 2.42. The van der Waals surface area contributed by atoms with Gasteiger partial charge in [-0.2, -0.15) is 0 Å². The third-order valence-corrected chi connectivity index (χ3v) is 3.76. The summed E-state index contributed by atoms with van der Waals surface area (Å²) in [6.45, 7) is 1.81. The van der Waals surface area contributed by atoms with Gasteiger partial charge in [-0.05, 0) is 48.9 Å². The normalized spacial score (nSPS) is 10.4. The molecule has 0 bridgehead atoms. The summed E-state index contributed by atoms with van der Waals surface area (Å²) in [5.41, 5.74) is 1.52. The third-order valence-electron chi connectivity index (χ3n) is 2.87. The number of carbonyl (C=O) groups excluding carboxylic acids is 1. The SMILES string of the molecule is Cc1cc(C(=O)NCc2cc(F)ccc2F)ccc1Br. The Morgan fingerprint density at radius 3 is 2.65 bits per heavy atom. The van der Waals surface area contributed by atoms with Gasteiger partial charge >= 0.3 is 0 Å². The van der Waals surface area contributed by atoms with Gasteiger partial charge < -0.3 is 5.32 Å². The molecule has 0 unspecified atom stereocenters. The van der Waals surface area contributed by atoms with E-state index in [-0.39, 0.29) is 18.0 Å². The van der Waals surface area contributed by atoms with Crippen LogP contribution in [0.4, 0.5) is 8.78 Å². The van der Waals surface area contributed by atoms with E-state index in [1.807, 2.05) is 6.92 Å². The predicted molar refractivity (Wildman–Crippen MR) is 76.4 cm³/mol. The van der Waals surface area contributed by atoms with Gasteiger partial charge in [-0.1, -0.05) is 15.9 Å². The first-order valence-electron chi connectivity index (χ1n) is 5.95. The highest BCUT2D eigenvalue weighted by Gasteiger charge is 2.09. The maximum Gasteiger partial charge on any atom is 0.251 e. The van der Waals surface area contributed by atoms with Crippen LogP contribution in [0.15, 0.2) is 40.9 Å². The Morgan fingerprint density at radius 2 is 1.95 bits per heavy atom. The van der Waals surface area contributed by atoms with E-state index in [1.54, 1.807) is 18.2 Å². The van der Waals surface area contributed by atoms with Crippen molar-refractivity contribution in [3.63, 3.8) is 0 Å². The quantitative estimate of drug-likeness (QED) is 0.900. The van der Waals surface area contributed by atoms with Crippen LogP contribution in [0.25, 0.3) is 0 Å². The van der Waals surface area contributed by atoms with Crippen LogP contribution in [-0.2, 0) is 6.54 Å². The van der Waals surface area contributed by atoms with Gasteiger partial charge in [0.15, 0.2) is 0 Å². The van der Waals surface area contributed by atoms with Crippen LogP contribution in [0, 0.1) is 18.6 Å². The topological polar surface area (TPSA) is 29.1 Å². The number of nitrogens with one attached hydrogen (secondary N) is 1. The first-order valence-corrected chi connectivity index (χ1v) is 6.75. The molecule has 0 saturated carbocycles. The minimum atomic E-state index is -0.543. The zero-order valence-corrected chi connectivity index (χ0v) is 12.3. The lowest BCUT2D eigenvalue weighted by atomic mass is 10.1. The minimum Gasteiger partial charge on any atom is -0.348 e. The summed E-state index contributed by atoms with van der Waals surface area (Å²) >= 11 is 3.35. The highest BCUT2D eigenvalue weighted by molar-refractivity contribution is 9.10. The van der Waals surface area contributed by atoms with E-state index in [2.05, 4.69) is 21.2 Å². The molecule has 2 aromatic rings. The van der Waals surface area contributed by atoms with E-state index in [4.69, 9.17) is 0 Å². The Morgan fingerprint density at radius 1 is 1.20 bits per heavy atom. The van der Waals surface area contributed by atoms with Crippen molar-refractivity contribution in [2.45, 2.75) is 13.5 Å². The highest BCUT2D eigenvalue weighted by atomic mass is 79.9. The van der Waals surface area contributed by atoms with Crippen LogP contribution in [0.5, 0.6) is 0 Å². The van der Waals surface area contributed by atoms with E-state index in [0.29, 0.717) is 5.56 Å². The Hall–Kier alpha value is -1.75. The van der Waals surface area contributed by atoms with Crippen LogP contribution < -0.4 is 5.32 Å². The van der Waals surface area contributed by atoms with Crippen LogP contribution in [0.3, 0.4) is 0 Å². The van der Waals surface area contributed by atoms with Crippen molar-refractivity contribution in [3.05, 3.63) is 69.2 Å². The van der Waals surface area contributed by atoms with Gasteiger partial charge in [-0.3, -0.25) is 4.79 Å². The molecule has 0 atom stereocenters. The molecule has 1 N–H and O–H groups in total. The highest BCUT2D eigenvalue weighted by Crippen LogP contribution is 2.17. The van der Waals surface area contributed by atoms with Crippen molar-refractivity contribution in [1.82, 2.24) is 5.32 Å². The van der Waals surface area contributed by atoms with Crippen molar-refractivity contribution in [2.24, 2.45) is 0 Å². The zero-order valence-electron chi connectivity index (χ0n) is 10.7. The molecule has 0 aromatic heterocycles. The van der Waals surface area contributed by atoms with E-state index in [9.17, 15) is 13.6 Å².